The molecule has 5 rings (SSSR count). The molecular weight excluding hydrogens is 664 g/mol. The van der Waals surface area contributed by atoms with Gasteiger partial charge in [0.25, 0.3) is 10.0 Å². The Morgan fingerprint density at radius 2 is 1.42 bits per heavy atom. The number of carbonyl (C=O) groups excluding carboxylic acids is 2. The van der Waals surface area contributed by atoms with Crippen molar-refractivity contribution in [1.82, 2.24) is 10.2 Å². The molecule has 0 spiro atoms. The first kappa shape index (κ1) is 36.6. The van der Waals surface area contributed by atoms with Crippen LogP contribution >= 0.6 is 0 Å². The predicted octanol–water partition coefficient (Wildman–Crippen LogP) is 7.61. The van der Waals surface area contributed by atoms with Crippen molar-refractivity contribution in [3.05, 3.63) is 131 Å². The normalized spacial score (nSPS) is 14.5. The highest BCUT2D eigenvalue weighted by molar-refractivity contribution is 7.92. The van der Waals surface area contributed by atoms with Crippen molar-refractivity contribution in [1.29, 1.82) is 0 Å². The molecule has 1 fully saturated rings. The van der Waals surface area contributed by atoms with Crippen LogP contribution in [0.3, 0.4) is 0 Å². The number of rotatable bonds is 12. The molecule has 0 bridgehead atoms. The summed E-state index contributed by atoms with van der Waals surface area (Å²) in [6, 6.07) is 25.3. The van der Waals surface area contributed by atoms with E-state index in [1.807, 2.05) is 61.5 Å². The fraction of sp³-hybridized carbons (Fsp3) is 0.333. The lowest BCUT2D eigenvalue weighted by Crippen LogP contribution is -2.55. The van der Waals surface area contributed by atoms with E-state index in [4.69, 9.17) is 0 Å². The van der Waals surface area contributed by atoms with Crippen molar-refractivity contribution in [2.24, 2.45) is 0 Å². The number of halogens is 3. The lowest BCUT2D eigenvalue weighted by molar-refractivity contribution is -0.140. The Labute approximate surface area is 292 Å². The lowest BCUT2D eigenvalue weighted by atomic mass is 9.94. The molecule has 0 heterocycles. The largest absolute Gasteiger partial charge is 0.416 e. The second-order valence-corrected chi connectivity index (χ2v) is 14.8. The van der Waals surface area contributed by atoms with Crippen molar-refractivity contribution in [2.45, 2.75) is 82.1 Å². The van der Waals surface area contributed by atoms with Crippen LogP contribution in [0.25, 0.3) is 0 Å². The third-order valence-corrected chi connectivity index (χ3v) is 10.8. The van der Waals surface area contributed by atoms with Crippen LogP contribution < -0.4 is 9.62 Å². The summed E-state index contributed by atoms with van der Waals surface area (Å²) in [6.07, 6.45) is 0.0482. The number of sulfonamides is 1. The number of anilines is 1. The third-order valence-electron chi connectivity index (χ3n) is 9.05. The number of aryl methyl sites for hydroxylation is 2. The molecule has 1 atom stereocenters. The van der Waals surface area contributed by atoms with Gasteiger partial charge >= 0.3 is 6.18 Å². The quantitative estimate of drug-likeness (QED) is 0.165. The second-order valence-electron chi connectivity index (χ2n) is 12.9. The smallest absolute Gasteiger partial charge is 0.352 e. The first-order chi connectivity index (χ1) is 23.8. The molecule has 0 aromatic heterocycles. The van der Waals surface area contributed by atoms with Crippen LogP contribution in [0.1, 0.15) is 59.9 Å². The topological polar surface area (TPSA) is 86.8 Å². The molecule has 1 N–H and O–H groups in total. The van der Waals surface area contributed by atoms with Crippen LogP contribution in [0.4, 0.5) is 18.9 Å². The van der Waals surface area contributed by atoms with Crippen molar-refractivity contribution < 1.29 is 31.2 Å². The molecule has 7 nitrogen and oxygen atoms in total. The van der Waals surface area contributed by atoms with Crippen LogP contribution in [-0.2, 0) is 38.8 Å². The van der Waals surface area contributed by atoms with Gasteiger partial charge in [-0.25, -0.2) is 8.42 Å². The van der Waals surface area contributed by atoms with E-state index < -0.39 is 40.3 Å². The van der Waals surface area contributed by atoms with E-state index >= 15 is 0 Å². The van der Waals surface area contributed by atoms with E-state index in [1.54, 1.807) is 19.1 Å². The number of hydrogen-bond acceptors (Lipinski definition) is 4. The minimum atomic E-state index is -4.76. The summed E-state index contributed by atoms with van der Waals surface area (Å²) in [5, 5.41) is 3.15. The van der Waals surface area contributed by atoms with Crippen LogP contribution in [0, 0.1) is 13.8 Å². The third kappa shape index (κ3) is 9.32. The minimum absolute atomic E-state index is 0.0320. The summed E-state index contributed by atoms with van der Waals surface area (Å²) >= 11 is 0. The molecule has 2 amide bonds. The standard InChI is InChI=1S/C39H42F3N3O4S/c1-28-16-20-31(21-17-28)26-44(36(24-30-10-5-3-6-11-30)38(47)43-33-13-7-4-8-14-33)37(46)27-45(34-15-9-12-32(25-34)39(40,41)42)50(48,49)35-22-18-29(2)19-23-35/h3,5-6,9-12,15-23,25,33,36H,4,7-8,13-14,24,26-27H2,1-2H3,(H,43,47)/t36-/m1/s1. The highest BCUT2D eigenvalue weighted by Gasteiger charge is 2.37. The molecule has 0 saturated heterocycles. The van der Waals surface area contributed by atoms with Gasteiger partial charge in [0.15, 0.2) is 0 Å². The lowest BCUT2D eigenvalue weighted by Gasteiger charge is -2.35. The number of alkyl halides is 3. The van der Waals surface area contributed by atoms with Gasteiger partial charge in [0.1, 0.15) is 12.6 Å². The average molecular weight is 706 g/mol. The maximum absolute atomic E-state index is 14.7. The Morgan fingerprint density at radius 1 is 0.800 bits per heavy atom. The van der Waals surface area contributed by atoms with Gasteiger partial charge in [-0.1, -0.05) is 103 Å². The Kier molecular flexibility index (Phi) is 11.7. The molecule has 0 aliphatic heterocycles. The van der Waals surface area contributed by atoms with Crippen molar-refractivity contribution in [3.8, 4) is 0 Å². The SMILES string of the molecule is Cc1ccc(CN(C(=O)CN(c2cccc(C(F)(F)F)c2)S(=O)(=O)c2ccc(C)cc2)[C@H](Cc2ccccc2)C(=O)NC2CCCCC2)cc1. The van der Waals surface area contributed by atoms with Gasteiger partial charge in [-0.2, -0.15) is 13.2 Å². The molecule has 1 aliphatic carbocycles. The maximum Gasteiger partial charge on any atom is 0.416 e. The molecule has 1 saturated carbocycles. The molecule has 0 unspecified atom stereocenters. The zero-order valence-electron chi connectivity index (χ0n) is 28.2. The zero-order valence-corrected chi connectivity index (χ0v) is 29.0. The highest BCUT2D eigenvalue weighted by Crippen LogP contribution is 2.33. The molecular formula is C39H42F3N3O4S. The van der Waals surface area contributed by atoms with Crippen molar-refractivity contribution in [2.75, 3.05) is 10.8 Å². The Balaban J connectivity index is 1.59. The van der Waals surface area contributed by atoms with Crippen LogP contribution in [0.15, 0.2) is 108 Å². The molecule has 4 aromatic carbocycles. The number of benzene rings is 4. The van der Waals surface area contributed by atoms with E-state index in [1.165, 1.54) is 23.1 Å². The van der Waals surface area contributed by atoms with E-state index in [-0.39, 0.29) is 35.5 Å². The fourth-order valence-corrected chi connectivity index (χ4v) is 7.60. The molecule has 0 radical (unpaired) electrons. The van der Waals surface area contributed by atoms with E-state index in [0.717, 1.165) is 67.0 Å². The molecule has 264 valence electrons. The summed E-state index contributed by atoms with van der Waals surface area (Å²) in [6.45, 7) is 2.82. The summed E-state index contributed by atoms with van der Waals surface area (Å²) in [5.41, 5.74) is 1.89. The monoisotopic (exact) mass is 705 g/mol. The van der Waals surface area contributed by atoms with Crippen LogP contribution in [0.2, 0.25) is 0 Å². The van der Waals surface area contributed by atoms with E-state index in [0.29, 0.717) is 9.87 Å². The fourth-order valence-electron chi connectivity index (χ4n) is 6.19. The van der Waals surface area contributed by atoms with Gasteiger partial charge in [-0.05, 0) is 68.1 Å². The molecule has 1 aliphatic rings. The van der Waals surface area contributed by atoms with Crippen molar-refractivity contribution >= 4 is 27.5 Å². The number of nitrogens with zero attached hydrogens (tertiary/aromatic N) is 2. The Hall–Kier alpha value is -4.64. The van der Waals surface area contributed by atoms with Gasteiger partial charge in [-0.15, -0.1) is 0 Å². The molecule has 4 aromatic rings. The van der Waals surface area contributed by atoms with Gasteiger partial charge in [0, 0.05) is 19.0 Å². The number of hydrogen-bond donors (Lipinski definition) is 1. The summed E-state index contributed by atoms with van der Waals surface area (Å²) in [5.74, 6) is -1.10. The second kappa shape index (κ2) is 15.9. The van der Waals surface area contributed by atoms with Gasteiger partial charge in [0.05, 0.1) is 16.1 Å². The number of carbonyl (C=O) groups is 2. The summed E-state index contributed by atoms with van der Waals surface area (Å²) < 4.78 is 70.7. The first-order valence-electron chi connectivity index (χ1n) is 16.8. The average Bonchev–Trinajstić information content (AvgIpc) is 3.10. The summed E-state index contributed by atoms with van der Waals surface area (Å²) in [4.78, 5) is 30.0. The number of nitrogens with one attached hydrogen (secondary N) is 1. The maximum atomic E-state index is 14.7. The Morgan fingerprint density at radius 3 is 2.04 bits per heavy atom. The molecule has 11 heteroatoms. The first-order valence-corrected chi connectivity index (χ1v) is 18.2. The Bertz CT molecular complexity index is 1860. The van der Waals surface area contributed by atoms with Gasteiger partial charge in [0.2, 0.25) is 11.8 Å². The van der Waals surface area contributed by atoms with Gasteiger partial charge in [-0.3, -0.25) is 13.9 Å². The van der Waals surface area contributed by atoms with Crippen LogP contribution in [0.5, 0.6) is 0 Å². The predicted molar refractivity (Wildman–Crippen MR) is 188 cm³/mol. The highest BCUT2D eigenvalue weighted by atomic mass is 32.2. The molecule has 50 heavy (non-hydrogen) atoms. The van der Waals surface area contributed by atoms with Gasteiger partial charge < -0.3 is 10.2 Å². The van der Waals surface area contributed by atoms with Crippen LogP contribution in [-0.4, -0.2) is 43.8 Å². The van der Waals surface area contributed by atoms with E-state index in [2.05, 4.69) is 5.32 Å². The number of amides is 2. The minimum Gasteiger partial charge on any atom is -0.352 e. The van der Waals surface area contributed by atoms with E-state index in [9.17, 15) is 31.2 Å². The van der Waals surface area contributed by atoms with Crippen molar-refractivity contribution in [3.63, 3.8) is 0 Å². The zero-order chi connectivity index (χ0) is 35.9. The summed E-state index contributed by atoms with van der Waals surface area (Å²) in [7, 11) is -4.55.